The van der Waals surface area contributed by atoms with Gasteiger partial charge in [-0.2, -0.15) is 0 Å². The highest BCUT2D eigenvalue weighted by Gasteiger charge is 2.09. The molecular formula is C14H17NO3. The Morgan fingerprint density at radius 1 is 1.33 bits per heavy atom. The molecule has 4 nitrogen and oxygen atoms in total. The Morgan fingerprint density at radius 3 is 2.78 bits per heavy atom. The lowest BCUT2D eigenvalue weighted by Crippen LogP contribution is -2.11. The number of nitrogens with two attached hydrogens (primary N) is 1. The summed E-state index contributed by atoms with van der Waals surface area (Å²) in [5.74, 6) is 0.871. The monoisotopic (exact) mass is 247 g/mol. The van der Waals surface area contributed by atoms with Crippen molar-refractivity contribution in [2.24, 2.45) is 5.73 Å². The molecule has 2 rings (SSSR count). The van der Waals surface area contributed by atoms with Gasteiger partial charge in [0.05, 0.1) is 0 Å². The smallest absolute Gasteiger partial charge is 0.339 e. The fourth-order valence-corrected chi connectivity index (χ4v) is 1.79. The van der Waals surface area contributed by atoms with Crippen molar-refractivity contribution in [2.45, 2.75) is 19.8 Å². The SMILES string of the molecule is CC(C)c1cc2cc(OCCN)ccc2oc1=O. The summed E-state index contributed by atoms with van der Waals surface area (Å²) in [6.07, 6.45) is 0. The lowest BCUT2D eigenvalue weighted by molar-refractivity contribution is 0.328. The van der Waals surface area contributed by atoms with Gasteiger partial charge in [0.1, 0.15) is 17.9 Å². The Balaban J connectivity index is 2.48. The highest BCUT2D eigenvalue weighted by atomic mass is 16.5. The third-order valence-corrected chi connectivity index (χ3v) is 2.74. The molecule has 0 amide bonds. The van der Waals surface area contributed by atoms with Crippen molar-refractivity contribution in [3.63, 3.8) is 0 Å². The standard InChI is InChI=1S/C14H17NO3/c1-9(2)12-8-10-7-11(17-6-5-15)3-4-13(10)18-14(12)16/h3-4,7-9H,5-6,15H2,1-2H3. The van der Waals surface area contributed by atoms with Gasteiger partial charge in [0.2, 0.25) is 0 Å². The lowest BCUT2D eigenvalue weighted by atomic mass is 10.0. The van der Waals surface area contributed by atoms with Gasteiger partial charge in [0.15, 0.2) is 0 Å². The summed E-state index contributed by atoms with van der Waals surface area (Å²) in [4.78, 5) is 11.7. The number of benzene rings is 1. The molecule has 0 aliphatic rings. The minimum atomic E-state index is -0.270. The van der Waals surface area contributed by atoms with E-state index in [0.717, 1.165) is 11.1 Å². The van der Waals surface area contributed by atoms with Gasteiger partial charge >= 0.3 is 5.63 Å². The van der Waals surface area contributed by atoms with Gasteiger partial charge in [-0.3, -0.25) is 0 Å². The Kier molecular flexibility index (Phi) is 3.67. The molecule has 96 valence electrons. The molecule has 1 aromatic heterocycles. The summed E-state index contributed by atoms with van der Waals surface area (Å²) in [5.41, 5.74) is 6.37. The third kappa shape index (κ3) is 2.54. The van der Waals surface area contributed by atoms with E-state index in [1.165, 1.54) is 0 Å². The largest absolute Gasteiger partial charge is 0.492 e. The van der Waals surface area contributed by atoms with E-state index in [1.807, 2.05) is 26.0 Å². The molecule has 0 saturated carbocycles. The van der Waals surface area contributed by atoms with Crippen molar-refractivity contribution >= 4 is 11.0 Å². The zero-order valence-electron chi connectivity index (χ0n) is 10.6. The van der Waals surface area contributed by atoms with Crippen LogP contribution in [-0.2, 0) is 0 Å². The molecule has 0 fully saturated rings. The van der Waals surface area contributed by atoms with Crippen molar-refractivity contribution in [3.8, 4) is 5.75 Å². The normalized spacial score (nSPS) is 11.1. The summed E-state index contributed by atoms with van der Waals surface area (Å²) in [6, 6.07) is 7.24. The zero-order valence-corrected chi connectivity index (χ0v) is 10.6. The quantitative estimate of drug-likeness (QED) is 0.841. The van der Waals surface area contributed by atoms with Crippen LogP contribution in [-0.4, -0.2) is 13.2 Å². The second-order valence-electron chi connectivity index (χ2n) is 4.48. The molecule has 0 saturated heterocycles. The van der Waals surface area contributed by atoms with E-state index in [9.17, 15) is 4.79 Å². The van der Waals surface area contributed by atoms with Crippen molar-refractivity contribution in [1.29, 1.82) is 0 Å². The van der Waals surface area contributed by atoms with E-state index in [1.54, 1.807) is 12.1 Å². The fraction of sp³-hybridized carbons (Fsp3) is 0.357. The van der Waals surface area contributed by atoms with Crippen molar-refractivity contribution in [2.75, 3.05) is 13.2 Å². The Hall–Kier alpha value is -1.81. The summed E-state index contributed by atoms with van der Waals surface area (Å²) < 4.78 is 10.7. The minimum absolute atomic E-state index is 0.138. The van der Waals surface area contributed by atoms with E-state index in [0.29, 0.717) is 24.3 Å². The lowest BCUT2D eigenvalue weighted by Gasteiger charge is -2.07. The number of hydrogen-bond donors (Lipinski definition) is 1. The first-order valence-electron chi connectivity index (χ1n) is 6.02. The summed E-state index contributed by atoms with van der Waals surface area (Å²) in [7, 11) is 0. The first kappa shape index (κ1) is 12.6. The van der Waals surface area contributed by atoms with E-state index in [2.05, 4.69) is 0 Å². The number of fused-ring (bicyclic) bond motifs is 1. The molecule has 0 aliphatic carbocycles. The Morgan fingerprint density at radius 2 is 2.11 bits per heavy atom. The second-order valence-corrected chi connectivity index (χ2v) is 4.48. The predicted octanol–water partition coefficient (Wildman–Crippen LogP) is 2.25. The van der Waals surface area contributed by atoms with Crippen LogP contribution < -0.4 is 16.1 Å². The first-order chi connectivity index (χ1) is 8.61. The summed E-state index contributed by atoms with van der Waals surface area (Å²) in [6.45, 7) is 4.87. The molecule has 2 aromatic rings. The third-order valence-electron chi connectivity index (χ3n) is 2.74. The maximum absolute atomic E-state index is 11.7. The van der Waals surface area contributed by atoms with Crippen LogP contribution in [0.4, 0.5) is 0 Å². The minimum Gasteiger partial charge on any atom is -0.492 e. The van der Waals surface area contributed by atoms with Crippen LogP contribution in [0.5, 0.6) is 5.75 Å². The summed E-state index contributed by atoms with van der Waals surface area (Å²) >= 11 is 0. The molecule has 18 heavy (non-hydrogen) atoms. The molecular weight excluding hydrogens is 230 g/mol. The number of rotatable bonds is 4. The van der Waals surface area contributed by atoms with Crippen molar-refractivity contribution in [1.82, 2.24) is 0 Å². The van der Waals surface area contributed by atoms with E-state index < -0.39 is 0 Å². The molecule has 0 spiro atoms. The van der Waals surface area contributed by atoms with Crippen LogP contribution >= 0.6 is 0 Å². The van der Waals surface area contributed by atoms with Crippen LogP contribution in [0.25, 0.3) is 11.0 Å². The van der Waals surface area contributed by atoms with Gasteiger partial charge in [-0.05, 0) is 30.2 Å². The molecule has 0 atom stereocenters. The van der Waals surface area contributed by atoms with Gasteiger partial charge in [-0.1, -0.05) is 13.8 Å². The molecule has 0 radical (unpaired) electrons. The Bertz CT molecular complexity index is 602. The summed E-state index contributed by atoms with van der Waals surface area (Å²) in [5, 5.41) is 0.868. The zero-order chi connectivity index (χ0) is 13.1. The highest BCUT2D eigenvalue weighted by molar-refractivity contribution is 5.78. The molecule has 0 aliphatic heterocycles. The highest BCUT2D eigenvalue weighted by Crippen LogP contribution is 2.22. The molecule has 2 N–H and O–H groups in total. The fourth-order valence-electron chi connectivity index (χ4n) is 1.79. The van der Waals surface area contributed by atoms with Crippen LogP contribution in [0.1, 0.15) is 25.3 Å². The van der Waals surface area contributed by atoms with Crippen LogP contribution in [0.2, 0.25) is 0 Å². The average Bonchev–Trinajstić information content (AvgIpc) is 2.35. The second kappa shape index (κ2) is 5.23. The van der Waals surface area contributed by atoms with Gasteiger partial charge in [-0.15, -0.1) is 0 Å². The van der Waals surface area contributed by atoms with Crippen LogP contribution in [0.3, 0.4) is 0 Å². The molecule has 1 heterocycles. The van der Waals surface area contributed by atoms with Crippen LogP contribution in [0.15, 0.2) is 33.5 Å². The first-order valence-corrected chi connectivity index (χ1v) is 6.02. The maximum atomic E-state index is 11.7. The maximum Gasteiger partial charge on any atom is 0.339 e. The van der Waals surface area contributed by atoms with Crippen molar-refractivity contribution < 1.29 is 9.15 Å². The van der Waals surface area contributed by atoms with E-state index >= 15 is 0 Å². The molecule has 4 heteroatoms. The average molecular weight is 247 g/mol. The van der Waals surface area contributed by atoms with Gasteiger partial charge < -0.3 is 14.9 Å². The van der Waals surface area contributed by atoms with Crippen LogP contribution in [0, 0.1) is 0 Å². The number of ether oxygens (including phenoxy) is 1. The molecule has 0 bridgehead atoms. The molecule has 0 unspecified atom stereocenters. The predicted molar refractivity (Wildman–Crippen MR) is 71.1 cm³/mol. The topological polar surface area (TPSA) is 65.5 Å². The van der Waals surface area contributed by atoms with Gasteiger partial charge in [-0.25, -0.2) is 4.79 Å². The van der Waals surface area contributed by atoms with E-state index in [-0.39, 0.29) is 11.5 Å². The van der Waals surface area contributed by atoms with E-state index in [4.69, 9.17) is 14.9 Å². The molecule has 1 aromatic carbocycles. The van der Waals surface area contributed by atoms with Gasteiger partial charge in [0.25, 0.3) is 0 Å². The number of hydrogen-bond acceptors (Lipinski definition) is 4. The van der Waals surface area contributed by atoms with Gasteiger partial charge in [0, 0.05) is 17.5 Å². The Labute approximate surface area is 105 Å². The van der Waals surface area contributed by atoms with Crippen molar-refractivity contribution in [3.05, 3.63) is 40.2 Å².